The lowest BCUT2D eigenvalue weighted by Crippen LogP contribution is -2.60. The summed E-state index contributed by atoms with van der Waals surface area (Å²) >= 11 is 1.64. The van der Waals surface area contributed by atoms with Crippen molar-refractivity contribution in [2.45, 2.75) is 74.6 Å². The number of fused-ring (bicyclic) bond motifs is 1. The van der Waals surface area contributed by atoms with Gasteiger partial charge in [0.25, 0.3) is 0 Å². The minimum atomic E-state index is -0.697. The molecule has 2 fully saturated rings. The number of rotatable bonds is 9. The third-order valence-electron chi connectivity index (χ3n) is 6.76. The van der Waals surface area contributed by atoms with Crippen LogP contribution in [0.25, 0.3) is 0 Å². The molecule has 6 nitrogen and oxygen atoms in total. The van der Waals surface area contributed by atoms with Gasteiger partial charge in [-0.2, -0.15) is 0 Å². The predicted molar refractivity (Wildman–Crippen MR) is 126 cm³/mol. The lowest BCUT2D eigenvalue weighted by molar-refractivity contribution is -0.133. The number of hydrogen-bond acceptors (Lipinski definition) is 6. The van der Waals surface area contributed by atoms with Gasteiger partial charge in [-0.3, -0.25) is 9.69 Å². The molecule has 31 heavy (non-hydrogen) atoms. The van der Waals surface area contributed by atoms with Gasteiger partial charge in [0.05, 0.1) is 24.3 Å². The number of nitrogens with two attached hydrogens (primary N) is 1. The fourth-order valence-electron chi connectivity index (χ4n) is 4.83. The highest BCUT2D eigenvalue weighted by Gasteiger charge is 2.41. The summed E-state index contributed by atoms with van der Waals surface area (Å²) in [6.07, 6.45) is 4.99. The van der Waals surface area contributed by atoms with E-state index in [0.29, 0.717) is 24.1 Å². The first-order valence-electron chi connectivity index (χ1n) is 11.6. The van der Waals surface area contributed by atoms with Gasteiger partial charge in [0.1, 0.15) is 0 Å². The molecule has 5 N–H and O–H groups in total. The van der Waals surface area contributed by atoms with Crippen LogP contribution in [0.15, 0.2) is 35.2 Å². The van der Waals surface area contributed by atoms with Crippen LogP contribution in [0.1, 0.15) is 46.0 Å². The molecule has 3 rings (SSSR count). The highest BCUT2D eigenvalue weighted by Crippen LogP contribution is 2.38. The molecule has 174 valence electrons. The summed E-state index contributed by atoms with van der Waals surface area (Å²) in [6, 6.07) is 9.41. The molecule has 1 aromatic rings. The molecule has 1 aliphatic carbocycles. The number of nitrogens with one attached hydrogen (secondary N) is 1. The van der Waals surface area contributed by atoms with Gasteiger partial charge < -0.3 is 21.3 Å². The fourth-order valence-corrected chi connectivity index (χ4v) is 5.78. The van der Waals surface area contributed by atoms with Crippen LogP contribution in [0.5, 0.6) is 0 Å². The van der Waals surface area contributed by atoms with Gasteiger partial charge in [0.2, 0.25) is 5.91 Å². The van der Waals surface area contributed by atoms with Gasteiger partial charge in [-0.15, -0.1) is 11.8 Å². The lowest BCUT2D eigenvalue weighted by Gasteiger charge is -2.47. The van der Waals surface area contributed by atoms with Crippen molar-refractivity contribution in [2.75, 3.05) is 25.4 Å². The van der Waals surface area contributed by atoms with E-state index in [2.05, 4.69) is 10.2 Å². The van der Waals surface area contributed by atoms with Crippen LogP contribution in [0.4, 0.5) is 0 Å². The quantitative estimate of drug-likeness (QED) is 0.432. The Morgan fingerprint density at radius 2 is 1.94 bits per heavy atom. The number of aliphatic hydroxyl groups is 2. The predicted octanol–water partition coefficient (Wildman–Crippen LogP) is 2.23. The van der Waals surface area contributed by atoms with Crippen molar-refractivity contribution in [3.63, 3.8) is 0 Å². The number of carbonyl (C=O) groups is 1. The van der Waals surface area contributed by atoms with Gasteiger partial charge in [0.15, 0.2) is 0 Å². The minimum Gasteiger partial charge on any atom is -0.394 e. The average Bonchev–Trinajstić information content (AvgIpc) is 2.77. The van der Waals surface area contributed by atoms with E-state index in [1.54, 1.807) is 11.8 Å². The Morgan fingerprint density at radius 3 is 2.61 bits per heavy atom. The zero-order chi connectivity index (χ0) is 22.4. The van der Waals surface area contributed by atoms with Gasteiger partial charge in [-0.25, -0.2) is 0 Å². The van der Waals surface area contributed by atoms with Gasteiger partial charge in [0, 0.05) is 29.8 Å². The summed E-state index contributed by atoms with van der Waals surface area (Å²) < 4.78 is 0. The van der Waals surface area contributed by atoms with Crippen molar-refractivity contribution in [3.8, 4) is 0 Å². The lowest BCUT2D eigenvalue weighted by atomic mass is 9.72. The summed E-state index contributed by atoms with van der Waals surface area (Å²) in [7, 11) is 0. The molecular formula is C24H39N3O3S. The molecule has 2 aliphatic rings. The van der Waals surface area contributed by atoms with Crippen molar-refractivity contribution in [3.05, 3.63) is 30.3 Å². The molecule has 1 saturated carbocycles. The first-order valence-corrected chi connectivity index (χ1v) is 12.6. The van der Waals surface area contributed by atoms with Gasteiger partial charge >= 0.3 is 0 Å². The summed E-state index contributed by atoms with van der Waals surface area (Å²) in [6.45, 7) is 4.77. The number of likely N-dealkylation sites (tertiary alicyclic amines) is 1. The maximum Gasteiger partial charge on any atom is 0.237 e. The van der Waals surface area contributed by atoms with E-state index >= 15 is 0 Å². The van der Waals surface area contributed by atoms with Crippen LogP contribution in [0, 0.1) is 11.8 Å². The van der Waals surface area contributed by atoms with Crippen molar-refractivity contribution in [2.24, 2.45) is 17.6 Å². The molecule has 0 spiro atoms. The van der Waals surface area contributed by atoms with Crippen LogP contribution < -0.4 is 11.1 Å². The Bertz CT molecular complexity index is 703. The smallest absolute Gasteiger partial charge is 0.237 e. The Labute approximate surface area is 191 Å². The molecule has 0 aromatic heterocycles. The number of amides is 1. The Hall–Kier alpha value is -1.12. The zero-order valence-corrected chi connectivity index (χ0v) is 19.7. The summed E-state index contributed by atoms with van der Waals surface area (Å²) in [4.78, 5) is 16.4. The third kappa shape index (κ3) is 6.93. The monoisotopic (exact) mass is 449 g/mol. The second kappa shape index (κ2) is 11.1. The second-order valence-electron chi connectivity index (χ2n) is 9.90. The van der Waals surface area contributed by atoms with E-state index in [1.807, 2.05) is 44.2 Å². The summed E-state index contributed by atoms with van der Waals surface area (Å²) in [5.41, 5.74) is 5.67. The van der Waals surface area contributed by atoms with E-state index in [1.165, 1.54) is 25.7 Å². The minimum absolute atomic E-state index is 0.0532. The van der Waals surface area contributed by atoms with Crippen LogP contribution in [0.3, 0.4) is 0 Å². The third-order valence-corrected chi connectivity index (χ3v) is 7.92. The maximum absolute atomic E-state index is 13.1. The molecule has 7 heteroatoms. The zero-order valence-electron chi connectivity index (χ0n) is 18.9. The molecule has 1 saturated heterocycles. The van der Waals surface area contributed by atoms with E-state index in [0.717, 1.165) is 17.9 Å². The molecular weight excluding hydrogens is 410 g/mol. The number of piperidine rings is 1. The Balaban J connectivity index is 1.63. The first kappa shape index (κ1) is 24.5. The van der Waals surface area contributed by atoms with Crippen molar-refractivity contribution in [1.82, 2.24) is 10.2 Å². The second-order valence-corrected chi connectivity index (χ2v) is 11.0. The number of aliphatic hydroxyl groups excluding tert-OH is 2. The van der Waals surface area contributed by atoms with Crippen LogP contribution in [0.2, 0.25) is 0 Å². The molecule has 5 atom stereocenters. The molecule has 1 unspecified atom stereocenters. The van der Waals surface area contributed by atoms with E-state index in [4.69, 9.17) is 5.73 Å². The van der Waals surface area contributed by atoms with Gasteiger partial charge in [-0.05, 0) is 50.7 Å². The van der Waals surface area contributed by atoms with E-state index in [9.17, 15) is 15.0 Å². The van der Waals surface area contributed by atoms with Crippen LogP contribution >= 0.6 is 11.8 Å². The number of hydrogen-bond donors (Lipinski definition) is 4. The van der Waals surface area contributed by atoms with Crippen LogP contribution in [-0.4, -0.2) is 70.2 Å². The molecule has 0 radical (unpaired) electrons. The maximum atomic E-state index is 13.1. The summed E-state index contributed by atoms with van der Waals surface area (Å²) in [5, 5.41) is 23.5. The molecule has 1 aliphatic heterocycles. The molecule has 1 heterocycles. The Morgan fingerprint density at radius 1 is 1.26 bits per heavy atom. The SMILES string of the molecule is CC(C)(CO)NC(=O)[C@@H]1C[C@H]2CCCC[C@H]2CN1CC(O)[C@H](N)CSc1ccccc1. The number of β-amino-alcohol motifs (C(OH)–C–C–N with tert-alkyl or cyclic N) is 1. The summed E-state index contributed by atoms with van der Waals surface area (Å²) in [5.74, 6) is 1.73. The highest BCUT2D eigenvalue weighted by molar-refractivity contribution is 7.99. The topological polar surface area (TPSA) is 98.8 Å². The number of benzene rings is 1. The number of nitrogens with zero attached hydrogens (tertiary/aromatic N) is 1. The standard InChI is InChI=1S/C24H39N3O3S/c1-24(2,16-28)26-23(30)21-12-17-8-6-7-9-18(17)13-27(21)14-22(29)20(25)15-31-19-10-4-3-5-11-19/h3-5,10-11,17-18,20-22,28-29H,6-9,12-16,25H2,1-2H3,(H,26,30)/t17-,18+,20-,21+,22?/m1/s1. The van der Waals surface area contributed by atoms with Crippen molar-refractivity contribution >= 4 is 17.7 Å². The first-order chi connectivity index (χ1) is 14.8. The van der Waals surface area contributed by atoms with Crippen LogP contribution in [-0.2, 0) is 4.79 Å². The molecule has 1 aromatic carbocycles. The van der Waals surface area contributed by atoms with E-state index < -0.39 is 11.6 Å². The van der Waals surface area contributed by atoms with Crippen molar-refractivity contribution in [1.29, 1.82) is 0 Å². The average molecular weight is 450 g/mol. The Kier molecular flexibility index (Phi) is 8.82. The largest absolute Gasteiger partial charge is 0.394 e. The molecule has 1 amide bonds. The molecule has 0 bridgehead atoms. The van der Waals surface area contributed by atoms with Gasteiger partial charge in [-0.1, -0.05) is 37.5 Å². The highest BCUT2D eigenvalue weighted by atomic mass is 32.2. The fraction of sp³-hybridized carbons (Fsp3) is 0.708. The number of carbonyl (C=O) groups excluding carboxylic acids is 1. The van der Waals surface area contributed by atoms with Crippen molar-refractivity contribution < 1.29 is 15.0 Å². The normalized spacial score (nSPS) is 26.7. The number of thioether (sulfide) groups is 1. The van der Waals surface area contributed by atoms with E-state index in [-0.39, 0.29) is 24.6 Å².